The maximum absolute atomic E-state index is 12.7. The second-order valence-corrected chi connectivity index (χ2v) is 10.1. The van der Waals surface area contributed by atoms with Crippen LogP contribution in [0.1, 0.15) is 37.6 Å². The predicted molar refractivity (Wildman–Crippen MR) is 139 cm³/mol. The molecule has 35 heavy (non-hydrogen) atoms. The SMILES string of the molecule is COc1ccc(-c2nc(CC(=O)Nc3ccnn3Cc3ccc(C(C)(C)C)cc3)cs2)cc1OC. The smallest absolute Gasteiger partial charge is 0.231 e. The highest BCUT2D eigenvalue weighted by atomic mass is 32.1. The normalized spacial score (nSPS) is 11.3. The highest BCUT2D eigenvalue weighted by Gasteiger charge is 2.15. The molecule has 7 nitrogen and oxygen atoms in total. The van der Waals surface area contributed by atoms with Crippen LogP contribution in [0.5, 0.6) is 11.5 Å². The van der Waals surface area contributed by atoms with Crippen molar-refractivity contribution in [3.05, 3.63) is 76.9 Å². The number of ether oxygens (including phenoxy) is 2. The number of methoxy groups -OCH3 is 2. The van der Waals surface area contributed by atoms with Crippen LogP contribution in [0.3, 0.4) is 0 Å². The molecule has 0 atom stereocenters. The summed E-state index contributed by atoms with van der Waals surface area (Å²) in [6.45, 7) is 7.17. The van der Waals surface area contributed by atoms with E-state index >= 15 is 0 Å². The molecule has 0 fully saturated rings. The molecule has 0 saturated carbocycles. The first kappa shape index (κ1) is 24.5. The predicted octanol–water partition coefficient (Wildman–Crippen LogP) is 5.55. The zero-order valence-electron chi connectivity index (χ0n) is 20.7. The summed E-state index contributed by atoms with van der Waals surface area (Å²) < 4.78 is 12.5. The second-order valence-electron chi connectivity index (χ2n) is 9.26. The van der Waals surface area contributed by atoms with Gasteiger partial charge in [-0.1, -0.05) is 45.0 Å². The third-order valence-electron chi connectivity index (χ3n) is 5.66. The molecule has 0 aliphatic carbocycles. The number of nitrogens with zero attached hydrogens (tertiary/aromatic N) is 3. The largest absolute Gasteiger partial charge is 0.493 e. The van der Waals surface area contributed by atoms with Gasteiger partial charge < -0.3 is 14.8 Å². The van der Waals surface area contributed by atoms with Crippen LogP contribution < -0.4 is 14.8 Å². The van der Waals surface area contributed by atoms with E-state index in [4.69, 9.17) is 9.47 Å². The monoisotopic (exact) mass is 490 g/mol. The molecule has 0 spiro atoms. The van der Waals surface area contributed by atoms with Crippen molar-refractivity contribution in [3.8, 4) is 22.1 Å². The molecule has 2 aromatic heterocycles. The maximum atomic E-state index is 12.7. The van der Waals surface area contributed by atoms with E-state index in [0.717, 1.165) is 16.1 Å². The summed E-state index contributed by atoms with van der Waals surface area (Å²) in [6, 6.07) is 16.0. The molecule has 2 aromatic carbocycles. The Labute approximate surface area is 209 Å². The van der Waals surface area contributed by atoms with Crippen LogP contribution >= 0.6 is 11.3 Å². The van der Waals surface area contributed by atoms with Gasteiger partial charge in [0, 0.05) is 17.0 Å². The summed E-state index contributed by atoms with van der Waals surface area (Å²) >= 11 is 1.49. The van der Waals surface area contributed by atoms with E-state index in [1.165, 1.54) is 16.9 Å². The fourth-order valence-corrected chi connectivity index (χ4v) is 4.51. The van der Waals surface area contributed by atoms with E-state index in [9.17, 15) is 4.79 Å². The minimum Gasteiger partial charge on any atom is -0.493 e. The molecule has 4 aromatic rings. The van der Waals surface area contributed by atoms with E-state index in [-0.39, 0.29) is 17.7 Å². The van der Waals surface area contributed by atoms with E-state index in [0.29, 0.717) is 29.6 Å². The highest BCUT2D eigenvalue weighted by Crippen LogP contribution is 2.33. The van der Waals surface area contributed by atoms with E-state index < -0.39 is 0 Å². The molecule has 0 aliphatic rings. The summed E-state index contributed by atoms with van der Waals surface area (Å²) in [7, 11) is 3.21. The number of benzene rings is 2. The lowest BCUT2D eigenvalue weighted by atomic mass is 9.87. The van der Waals surface area contributed by atoms with Crippen molar-refractivity contribution in [2.24, 2.45) is 0 Å². The average molecular weight is 491 g/mol. The first-order valence-electron chi connectivity index (χ1n) is 11.3. The molecule has 0 aliphatic heterocycles. The molecule has 2 heterocycles. The first-order valence-corrected chi connectivity index (χ1v) is 12.2. The lowest BCUT2D eigenvalue weighted by Crippen LogP contribution is -2.18. The van der Waals surface area contributed by atoms with Crippen molar-refractivity contribution in [1.29, 1.82) is 0 Å². The lowest BCUT2D eigenvalue weighted by molar-refractivity contribution is -0.115. The molecule has 182 valence electrons. The van der Waals surface area contributed by atoms with Gasteiger partial charge in [0.25, 0.3) is 0 Å². The van der Waals surface area contributed by atoms with Gasteiger partial charge in [0.2, 0.25) is 5.91 Å². The van der Waals surface area contributed by atoms with Crippen LogP contribution in [0.4, 0.5) is 5.82 Å². The molecule has 0 saturated heterocycles. The van der Waals surface area contributed by atoms with Gasteiger partial charge in [0.1, 0.15) is 10.8 Å². The summed E-state index contributed by atoms with van der Waals surface area (Å²) in [5, 5.41) is 10.1. The Morgan fingerprint density at radius 3 is 2.46 bits per heavy atom. The van der Waals surface area contributed by atoms with Crippen LogP contribution in [0.2, 0.25) is 0 Å². The number of hydrogen-bond acceptors (Lipinski definition) is 6. The number of rotatable bonds is 8. The number of thiazole rings is 1. The standard InChI is InChI=1S/C27H30N4O3S/c1-27(2,3)20-9-6-18(7-10-20)16-31-24(12-13-28-31)30-25(32)15-21-17-35-26(29-21)19-8-11-22(33-4)23(14-19)34-5/h6-14,17H,15-16H2,1-5H3,(H,30,32). The molecule has 1 amide bonds. The number of nitrogens with one attached hydrogen (secondary N) is 1. The summed E-state index contributed by atoms with van der Waals surface area (Å²) in [4.78, 5) is 17.4. The van der Waals surface area contributed by atoms with Crippen molar-refractivity contribution >= 4 is 23.1 Å². The van der Waals surface area contributed by atoms with Crippen LogP contribution in [0, 0.1) is 0 Å². The van der Waals surface area contributed by atoms with Gasteiger partial charge in [-0.2, -0.15) is 5.10 Å². The molecule has 4 rings (SSSR count). The van der Waals surface area contributed by atoms with Gasteiger partial charge >= 0.3 is 0 Å². The first-order chi connectivity index (χ1) is 16.8. The molecule has 0 bridgehead atoms. The Hall–Kier alpha value is -3.65. The summed E-state index contributed by atoms with van der Waals surface area (Å²) in [5.74, 6) is 1.82. The van der Waals surface area contributed by atoms with Gasteiger partial charge in [0.05, 0.1) is 39.1 Å². The molecule has 0 unspecified atom stereocenters. The van der Waals surface area contributed by atoms with E-state index in [1.54, 1.807) is 31.2 Å². The fourth-order valence-electron chi connectivity index (χ4n) is 3.69. The zero-order chi connectivity index (χ0) is 25.0. The topological polar surface area (TPSA) is 78.3 Å². The number of anilines is 1. The third kappa shape index (κ3) is 5.89. The van der Waals surface area contributed by atoms with Gasteiger partial charge in [-0.05, 0) is 34.7 Å². The van der Waals surface area contributed by atoms with Crippen molar-refractivity contribution in [2.45, 2.75) is 39.2 Å². The van der Waals surface area contributed by atoms with Crippen molar-refractivity contribution in [1.82, 2.24) is 14.8 Å². The van der Waals surface area contributed by atoms with Crippen LogP contribution in [0.15, 0.2) is 60.1 Å². The van der Waals surface area contributed by atoms with Crippen molar-refractivity contribution in [2.75, 3.05) is 19.5 Å². The van der Waals surface area contributed by atoms with Gasteiger partial charge in [0.15, 0.2) is 11.5 Å². The van der Waals surface area contributed by atoms with E-state index in [2.05, 4.69) is 60.4 Å². The molecule has 1 N–H and O–H groups in total. The fraction of sp³-hybridized carbons (Fsp3) is 0.296. The number of carbonyl (C=O) groups excluding carboxylic acids is 1. The summed E-state index contributed by atoms with van der Waals surface area (Å²) in [6.07, 6.45) is 1.87. The number of carbonyl (C=O) groups is 1. The quantitative estimate of drug-likeness (QED) is 0.350. The third-order valence-corrected chi connectivity index (χ3v) is 6.60. The minimum absolute atomic E-state index is 0.109. The van der Waals surface area contributed by atoms with Gasteiger partial charge in [-0.15, -0.1) is 11.3 Å². The van der Waals surface area contributed by atoms with Crippen molar-refractivity contribution in [3.63, 3.8) is 0 Å². The molecule has 8 heteroatoms. The average Bonchev–Trinajstić information content (AvgIpc) is 3.48. The van der Waals surface area contributed by atoms with Crippen molar-refractivity contribution < 1.29 is 14.3 Å². The Kier molecular flexibility index (Phi) is 7.21. The van der Waals surface area contributed by atoms with Crippen LogP contribution in [-0.4, -0.2) is 34.9 Å². The van der Waals surface area contributed by atoms with Crippen LogP contribution in [0.25, 0.3) is 10.6 Å². The number of amides is 1. The highest BCUT2D eigenvalue weighted by molar-refractivity contribution is 7.13. The van der Waals surface area contributed by atoms with Crippen LogP contribution in [-0.2, 0) is 23.2 Å². The van der Waals surface area contributed by atoms with E-state index in [1.807, 2.05) is 23.6 Å². The zero-order valence-corrected chi connectivity index (χ0v) is 21.5. The number of aromatic nitrogens is 3. The Balaban J connectivity index is 1.40. The number of hydrogen-bond donors (Lipinski definition) is 1. The Bertz CT molecular complexity index is 1300. The van der Waals surface area contributed by atoms with Gasteiger partial charge in [-0.3, -0.25) is 4.79 Å². The maximum Gasteiger partial charge on any atom is 0.231 e. The molecular weight excluding hydrogens is 460 g/mol. The second kappa shape index (κ2) is 10.3. The Morgan fingerprint density at radius 1 is 1.03 bits per heavy atom. The minimum atomic E-state index is -0.140. The molecule has 0 radical (unpaired) electrons. The lowest BCUT2D eigenvalue weighted by Gasteiger charge is -2.19. The Morgan fingerprint density at radius 2 is 1.77 bits per heavy atom. The summed E-state index contributed by atoms with van der Waals surface area (Å²) in [5.41, 5.74) is 4.14. The molecular formula is C27H30N4O3S. The van der Waals surface area contributed by atoms with Gasteiger partial charge in [-0.25, -0.2) is 9.67 Å².